The molecule has 3 heterocycles. The molecule has 1 aliphatic rings. The van der Waals surface area contributed by atoms with E-state index < -0.39 is 0 Å². The molecule has 3 aromatic rings. The normalized spacial score (nSPS) is 15.5. The summed E-state index contributed by atoms with van der Waals surface area (Å²) in [7, 11) is 0. The van der Waals surface area contributed by atoms with E-state index in [1.54, 1.807) is 0 Å². The molecule has 25 heavy (non-hydrogen) atoms. The molecule has 0 radical (unpaired) electrons. The van der Waals surface area contributed by atoms with E-state index in [9.17, 15) is 4.79 Å². The van der Waals surface area contributed by atoms with Gasteiger partial charge in [0.15, 0.2) is 0 Å². The van der Waals surface area contributed by atoms with Crippen molar-refractivity contribution in [3.63, 3.8) is 0 Å². The Morgan fingerprint density at radius 3 is 2.68 bits per heavy atom. The first-order valence-electron chi connectivity index (χ1n) is 8.53. The first kappa shape index (κ1) is 15.6. The number of nitrogens with zero attached hydrogens (tertiary/aromatic N) is 3. The fourth-order valence-electron chi connectivity index (χ4n) is 3.16. The predicted octanol–water partition coefficient (Wildman–Crippen LogP) is 2.95. The van der Waals surface area contributed by atoms with Gasteiger partial charge in [-0.05, 0) is 25.1 Å². The summed E-state index contributed by atoms with van der Waals surface area (Å²) in [5.41, 5.74) is 2.50. The zero-order valence-corrected chi connectivity index (χ0v) is 14.1. The second-order valence-corrected chi connectivity index (χ2v) is 6.39. The average Bonchev–Trinajstić information content (AvgIpc) is 3.08. The highest BCUT2D eigenvalue weighted by atomic mass is 16.5. The number of carbonyl (C=O) groups excluding carboxylic acids is 1. The van der Waals surface area contributed by atoms with Crippen molar-refractivity contribution in [1.82, 2.24) is 20.1 Å². The van der Waals surface area contributed by atoms with E-state index in [0.29, 0.717) is 24.7 Å². The summed E-state index contributed by atoms with van der Waals surface area (Å²) in [4.78, 5) is 17.8. The highest BCUT2D eigenvalue weighted by Crippen LogP contribution is 2.20. The van der Waals surface area contributed by atoms with Crippen molar-refractivity contribution < 1.29 is 9.53 Å². The van der Waals surface area contributed by atoms with E-state index in [2.05, 4.69) is 15.2 Å². The van der Waals surface area contributed by atoms with Gasteiger partial charge in [-0.15, -0.1) is 5.10 Å². The number of rotatable bonds is 3. The van der Waals surface area contributed by atoms with Crippen molar-refractivity contribution >= 4 is 16.8 Å². The van der Waals surface area contributed by atoms with Gasteiger partial charge < -0.3 is 14.6 Å². The van der Waals surface area contributed by atoms with E-state index in [0.717, 1.165) is 29.4 Å². The molecule has 1 fully saturated rings. The Labute approximate surface area is 145 Å². The fraction of sp³-hybridized carbons (Fsp3) is 0.316. The lowest BCUT2D eigenvalue weighted by atomic mass is 10.1. The van der Waals surface area contributed by atoms with Crippen molar-refractivity contribution in [3.05, 3.63) is 53.9 Å². The second kappa shape index (κ2) is 6.55. The summed E-state index contributed by atoms with van der Waals surface area (Å²) in [6, 6.07) is 13.6. The number of amides is 1. The molecule has 0 aliphatic carbocycles. The summed E-state index contributed by atoms with van der Waals surface area (Å²) >= 11 is 0. The first-order valence-corrected chi connectivity index (χ1v) is 8.53. The summed E-state index contributed by atoms with van der Waals surface area (Å²) in [5, 5.41) is 9.10. The molecule has 2 aromatic heterocycles. The molecule has 0 atom stereocenters. The monoisotopic (exact) mass is 336 g/mol. The second-order valence-electron chi connectivity index (χ2n) is 6.39. The maximum absolute atomic E-state index is 12.7. The Bertz CT molecular complexity index is 847. The Hall–Kier alpha value is -2.89. The summed E-state index contributed by atoms with van der Waals surface area (Å²) in [6.45, 7) is 3.25. The van der Waals surface area contributed by atoms with Crippen LogP contribution in [0.4, 0.5) is 0 Å². The highest BCUT2D eigenvalue weighted by molar-refractivity contribution is 5.98. The van der Waals surface area contributed by atoms with Gasteiger partial charge >= 0.3 is 0 Å². The van der Waals surface area contributed by atoms with Gasteiger partial charge in [0, 0.05) is 42.9 Å². The lowest BCUT2D eigenvalue weighted by molar-refractivity contribution is 0.0581. The molecule has 0 bridgehead atoms. The van der Waals surface area contributed by atoms with E-state index >= 15 is 0 Å². The van der Waals surface area contributed by atoms with Gasteiger partial charge in [-0.3, -0.25) is 4.79 Å². The zero-order chi connectivity index (χ0) is 17.2. The van der Waals surface area contributed by atoms with E-state index in [-0.39, 0.29) is 12.0 Å². The number of nitrogens with one attached hydrogen (secondary N) is 1. The topological polar surface area (TPSA) is 71.1 Å². The molecule has 1 N–H and O–H groups in total. The van der Waals surface area contributed by atoms with Crippen LogP contribution < -0.4 is 4.74 Å². The first-order chi connectivity index (χ1) is 12.2. The molecule has 0 unspecified atom stereocenters. The molecule has 0 saturated carbocycles. The lowest BCUT2D eigenvalue weighted by Gasteiger charge is -2.31. The van der Waals surface area contributed by atoms with Gasteiger partial charge in [-0.25, -0.2) is 0 Å². The summed E-state index contributed by atoms with van der Waals surface area (Å²) < 4.78 is 5.87. The maximum Gasteiger partial charge on any atom is 0.270 e. The standard InChI is InChI=1S/C19H20N4O2/c1-13-6-7-18(22-21-13)25-15-8-10-23(11-9-15)19(24)17-12-14-4-2-3-5-16(14)20-17/h2-7,12,15,20H,8-11H2,1H3. The van der Waals surface area contributed by atoms with Gasteiger partial charge in [-0.2, -0.15) is 5.10 Å². The number of ether oxygens (including phenoxy) is 1. The van der Waals surface area contributed by atoms with Crippen LogP contribution in [0.5, 0.6) is 5.88 Å². The van der Waals surface area contributed by atoms with Gasteiger partial charge in [0.25, 0.3) is 5.91 Å². The molecular formula is C19H20N4O2. The van der Waals surface area contributed by atoms with Crippen molar-refractivity contribution in [1.29, 1.82) is 0 Å². The van der Waals surface area contributed by atoms with Crippen LogP contribution in [-0.2, 0) is 0 Å². The quantitative estimate of drug-likeness (QED) is 0.798. The third-order valence-electron chi connectivity index (χ3n) is 4.55. The molecule has 4 rings (SSSR count). The molecule has 6 heteroatoms. The van der Waals surface area contributed by atoms with Gasteiger partial charge in [-0.1, -0.05) is 18.2 Å². The Balaban J connectivity index is 1.37. The van der Waals surface area contributed by atoms with Crippen LogP contribution in [0.15, 0.2) is 42.5 Å². The average molecular weight is 336 g/mol. The Morgan fingerprint density at radius 2 is 1.96 bits per heavy atom. The smallest absolute Gasteiger partial charge is 0.270 e. The third-order valence-corrected chi connectivity index (χ3v) is 4.55. The number of fused-ring (bicyclic) bond motifs is 1. The van der Waals surface area contributed by atoms with Gasteiger partial charge in [0.2, 0.25) is 5.88 Å². The molecular weight excluding hydrogens is 316 g/mol. The molecule has 0 spiro atoms. The Morgan fingerprint density at radius 1 is 1.16 bits per heavy atom. The van der Waals surface area contributed by atoms with Gasteiger partial charge in [0.05, 0.1) is 5.69 Å². The van der Waals surface area contributed by atoms with E-state index in [1.165, 1.54) is 0 Å². The summed E-state index contributed by atoms with van der Waals surface area (Å²) in [5.74, 6) is 0.593. The number of H-pyrrole nitrogens is 1. The Kier molecular flexibility index (Phi) is 4.09. The van der Waals surface area contributed by atoms with E-state index in [1.807, 2.05) is 54.3 Å². The largest absolute Gasteiger partial charge is 0.473 e. The number of carbonyl (C=O) groups is 1. The van der Waals surface area contributed by atoms with E-state index in [4.69, 9.17) is 4.74 Å². The van der Waals surface area contributed by atoms with Crippen LogP contribution >= 0.6 is 0 Å². The minimum Gasteiger partial charge on any atom is -0.473 e. The number of piperidine rings is 1. The SMILES string of the molecule is Cc1ccc(OC2CCN(C(=O)c3cc4ccccc4[nH]3)CC2)nn1. The predicted molar refractivity (Wildman–Crippen MR) is 94.6 cm³/mol. The number of aromatic nitrogens is 3. The van der Waals surface area contributed by atoms with Crippen LogP contribution in [0.2, 0.25) is 0 Å². The van der Waals surface area contributed by atoms with Crippen molar-refractivity contribution in [2.75, 3.05) is 13.1 Å². The van der Waals surface area contributed by atoms with Crippen LogP contribution in [0.25, 0.3) is 10.9 Å². The molecule has 1 aromatic carbocycles. The number of likely N-dealkylation sites (tertiary alicyclic amines) is 1. The number of aromatic amines is 1. The molecule has 1 saturated heterocycles. The zero-order valence-electron chi connectivity index (χ0n) is 14.1. The highest BCUT2D eigenvalue weighted by Gasteiger charge is 2.25. The number of para-hydroxylation sites is 1. The van der Waals surface area contributed by atoms with Crippen LogP contribution in [0, 0.1) is 6.92 Å². The van der Waals surface area contributed by atoms with Crippen molar-refractivity contribution in [2.45, 2.75) is 25.9 Å². The number of hydrogen-bond acceptors (Lipinski definition) is 4. The van der Waals surface area contributed by atoms with Crippen LogP contribution in [0.3, 0.4) is 0 Å². The summed E-state index contributed by atoms with van der Waals surface area (Å²) in [6.07, 6.45) is 1.66. The van der Waals surface area contributed by atoms with Crippen LogP contribution in [-0.4, -0.2) is 45.2 Å². The lowest BCUT2D eigenvalue weighted by Crippen LogP contribution is -2.42. The number of benzene rings is 1. The number of hydrogen-bond donors (Lipinski definition) is 1. The van der Waals surface area contributed by atoms with Crippen LogP contribution in [0.1, 0.15) is 29.0 Å². The fourth-order valence-corrected chi connectivity index (χ4v) is 3.16. The molecule has 128 valence electrons. The molecule has 6 nitrogen and oxygen atoms in total. The van der Waals surface area contributed by atoms with Crippen molar-refractivity contribution in [2.24, 2.45) is 0 Å². The maximum atomic E-state index is 12.7. The minimum absolute atomic E-state index is 0.0461. The molecule has 1 amide bonds. The number of aryl methyl sites for hydroxylation is 1. The van der Waals surface area contributed by atoms with Gasteiger partial charge in [0.1, 0.15) is 11.8 Å². The van der Waals surface area contributed by atoms with Crippen molar-refractivity contribution in [3.8, 4) is 5.88 Å². The minimum atomic E-state index is 0.0461. The molecule has 1 aliphatic heterocycles. The third kappa shape index (κ3) is 3.33.